The number of rotatable bonds is 5. The van der Waals surface area contributed by atoms with Crippen LogP contribution >= 0.6 is 11.6 Å². The average Bonchev–Trinajstić information content (AvgIpc) is 2.96. The van der Waals surface area contributed by atoms with Crippen molar-refractivity contribution in [3.05, 3.63) is 34.9 Å². The fourth-order valence-electron chi connectivity index (χ4n) is 2.70. The van der Waals surface area contributed by atoms with Crippen LogP contribution in [-0.2, 0) is 9.59 Å². The predicted octanol–water partition coefficient (Wildman–Crippen LogP) is 1.75. The zero-order chi connectivity index (χ0) is 16.1. The third-order valence-corrected chi connectivity index (χ3v) is 4.18. The first kappa shape index (κ1) is 16.8. The van der Waals surface area contributed by atoms with Crippen LogP contribution in [0.2, 0.25) is 5.02 Å². The Morgan fingerprint density at radius 3 is 2.64 bits per heavy atom. The molecule has 6 heteroatoms. The zero-order valence-corrected chi connectivity index (χ0v) is 13.3. The van der Waals surface area contributed by atoms with Gasteiger partial charge in [-0.05, 0) is 24.1 Å². The van der Waals surface area contributed by atoms with Gasteiger partial charge in [0, 0.05) is 37.6 Å². The van der Waals surface area contributed by atoms with Gasteiger partial charge in [-0.1, -0.05) is 23.7 Å². The minimum Gasteiger partial charge on any atom is -0.396 e. The number of hydrogen-bond acceptors (Lipinski definition) is 3. The highest BCUT2D eigenvalue weighted by Gasteiger charge is 2.27. The summed E-state index contributed by atoms with van der Waals surface area (Å²) in [6.45, 7) is 2.79. The fourth-order valence-corrected chi connectivity index (χ4v) is 2.83. The normalized spacial score (nSPS) is 19.0. The number of aliphatic hydroxyl groups excluding tert-OH is 1. The van der Waals surface area contributed by atoms with Gasteiger partial charge in [0.15, 0.2) is 0 Å². The summed E-state index contributed by atoms with van der Waals surface area (Å²) in [5.74, 6) is -0.0224. The molecule has 1 heterocycles. The molecule has 5 nitrogen and oxygen atoms in total. The highest BCUT2D eigenvalue weighted by Crippen LogP contribution is 2.23. The van der Waals surface area contributed by atoms with Gasteiger partial charge >= 0.3 is 0 Å². The van der Waals surface area contributed by atoms with E-state index in [0.717, 1.165) is 12.0 Å². The molecule has 120 valence electrons. The second-order valence-electron chi connectivity index (χ2n) is 5.69. The number of nitrogens with zero attached hydrogens (tertiary/aromatic N) is 1. The van der Waals surface area contributed by atoms with E-state index in [-0.39, 0.29) is 36.8 Å². The average molecular weight is 325 g/mol. The molecule has 0 radical (unpaired) electrons. The molecule has 0 spiro atoms. The standard InChI is InChI=1S/C16H21ClN2O3/c1-11(21)18-15(13-2-4-14(17)5-3-13)8-16(22)19-7-6-12(9-19)10-20/h2-5,12,15,20H,6-10H2,1H3,(H,18,21). The number of nitrogens with one attached hydrogen (secondary N) is 1. The number of aliphatic hydroxyl groups is 1. The lowest BCUT2D eigenvalue weighted by Gasteiger charge is -2.22. The van der Waals surface area contributed by atoms with Crippen molar-refractivity contribution in [2.24, 2.45) is 5.92 Å². The number of carbonyl (C=O) groups excluding carboxylic acids is 2. The lowest BCUT2D eigenvalue weighted by Crippen LogP contribution is -2.35. The summed E-state index contributed by atoms with van der Waals surface area (Å²) < 4.78 is 0. The Hall–Kier alpha value is -1.59. The summed E-state index contributed by atoms with van der Waals surface area (Å²) in [5, 5.41) is 12.6. The van der Waals surface area contributed by atoms with Crippen LogP contribution in [0.15, 0.2) is 24.3 Å². The molecular weight excluding hydrogens is 304 g/mol. The lowest BCUT2D eigenvalue weighted by atomic mass is 10.0. The second-order valence-corrected chi connectivity index (χ2v) is 6.12. The first-order valence-electron chi connectivity index (χ1n) is 7.40. The quantitative estimate of drug-likeness (QED) is 0.867. The van der Waals surface area contributed by atoms with E-state index >= 15 is 0 Å². The fraction of sp³-hybridized carbons (Fsp3) is 0.500. The monoisotopic (exact) mass is 324 g/mol. The number of benzene rings is 1. The molecule has 2 N–H and O–H groups in total. The molecule has 1 saturated heterocycles. The minimum absolute atomic E-state index is 0.00958. The summed E-state index contributed by atoms with van der Waals surface area (Å²) in [6.07, 6.45) is 1.04. The molecule has 1 aromatic carbocycles. The van der Waals surface area contributed by atoms with Crippen molar-refractivity contribution in [3.8, 4) is 0 Å². The van der Waals surface area contributed by atoms with Crippen molar-refractivity contribution in [1.82, 2.24) is 10.2 Å². The second kappa shape index (κ2) is 7.61. The molecule has 2 rings (SSSR count). The van der Waals surface area contributed by atoms with E-state index in [1.165, 1.54) is 6.92 Å². The maximum absolute atomic E-state index is 12.4. The van der Waals surface area contributed by atoms with Crippen molar-refractivity contribution in [2.75, 3.05) is 19.7 Å². The Kier molecular flexibility index (Phi) is 5.80. The Bertz CT molecular complexity index is 533. The van der Waals surface area contributed by atoms with Crippen LogP contribution in [0, 0.1) is 5.92 Å². The van der Waals surface area contributed by atoms with Crippen LogP contribution in [0.5, 0.6) is 0 Å². The van der Waals surface area contributed by atoms with Crippen LogP contribution in [-0.4, -0.2) is 41.5 Å². The van der Waals surface area contributed by atoms with Gasteiger partial charge in [-0.2, -0.15) is 0 Å². The van der Waals surface area contributed by atoms with Gasteiger partial charge in [0.2, 0.25) is 11.8 Å². The summed E-state index contributed by atoms with van der Waals surface area (Å²) in [7, 11) is 0. The SMILES string of the molecule is CC(=O)NC(CC(=O)N1CCC(CO)C1)c1ccc(Cl)cc1. The van der Waals surface area contributed by atoms with E-state index in [2.05, 4.69) is 5.32 Å². The van der Waals surface area contributed by atoms with Gasteiger partial charge in [0.1, 0.15) is 0 Å². The molecule has 0 bridgehead atoms. The molecule has 22 heavy (non-hydrogen) atoms. The number of carbonyl (C=O) groups is 2. The molecule has 1 aliphatic heterocycles. The van der Waals surface area contributed by atoms with Gasteiger partial charge < -0.3 is 15.3 Å². The molecule has 1 fully saturated rings. The molecule has 0 saturated carbocycles. The van der Waals surface area contributed by atoms with Crippen molar-refractivity contribution in [2.45, 2.75) is 25.8 Å². The van der Waals surface area contributed by atoms with Crippen molar-refractivity contribution in [3.63, 3.8) is 0 Å². The van der Waals surface area contributed by atoms with E-state index in [4.69, 9.17) is 16.7 Å². The molecule has 2 atom stereocenters. The van der Waals surface area contributed by atoms with Gasteiger partial charge in [-0.15, -0.1) is 0 Å². The predicted molar refractivity (Wildman–Crippen MR) is 84.4 cm³/mol. The summed E-state index contributed by atoms with van der Waals surface area (Å²) in [4.78, 5) is 25.6. The third kappa shape index (κ3) is 4.45. The highest BCUT2D eigenvalue weighted by molar-refractivity contribution is 6.30. The van der Waals surface area contributed by atoms with Crippen LogP contribution in [0.1, 0.15) is 31.4 Å². The minimum atomic E-state index is -0.365. The van der Waals surface area contributed by atoms with Crippen LogP contribution in [0.25, 0.3) is 0 Å². The molecular formula is C16H21ClN2O3. The van der Waals surface area contributed by atoms with Gasteiger partial charge in [-0.3, -0.25) is 9.59 Å². The van der Waals surface area contributed by atoms with E-state index in [9.17, 15) is 9.59 Å². The Morgan fingerprint density at radius 2 is 2.09 bits per heavy atom. The maximum Gasteiger partial charge on any atom is 0.224 e. The van der Waals surface area contributed by atoms with E-state index in [1.54, 1.807) is 17.0 Å². The smallest absolute Gasteiger partial charge is 0.224 e. The number of hydrogen-bond donors (Lipinski definition) is 2. The number of likely N-dealkylation sites (tertiary alicyclic amines) is 1. The van der Waals surface area contributed by atoms with Crippen molar-refractivity contribution in [1.29, 1.82) is 0 Å². The topological polar surface area (TPSA) is 69.6 Å². The van der Waals surface area contributed by atoms with Gasteiger partial charge in [0.25, 0.3) is 0 Å². The van der Waals surface area contributed by atoms with E-state index < -0.39 is 0 Å². The summed E-state index contributed by atoms with van der Waals surface area (Å²) >= 11 is 5.88. The molecule has 0 aromatic heterocycles. The van der Waals surface area contributed by atoms with E-state index in [0.29, 0.717) is 18.1 Å². The zero-order valence-electron chi connectivity index (χ0n) is 12.6. The molecule has 0 aliphatic carbocycles. The van der Waals surface area contributed by atoms with Gasteiger partial charge in [-0.25, -0.2) is 0 Å². The van der Waals surface area contributed by atoms with Crippen molar-refractivity contribution >= 4 is 23.4 Å². The highest BCUT2D eigenvalue weighted by atomic mass is 35.5. The number of amides is 2. The summed E-state index contributed by atoms with van der Waals surface area (Å²) in [5.41, 5.74) is 0.853. The first-order chi connectivity index (χ1) is 10.5. The molecule has 1 aliphatic rings. The number of halogens is 1. The maximum atomic E-state index is 12.4. The van der Waals surface area contributed by atoms with E-state index in [1.807, 2.05) is 12.1 Å². The van der Waals surface area contributed by atoms with Gasteiger partial charge in [0.05, 0.1) is 12.5 Å². The Morgan fingerprint density at radius 1 is 1.41 bits per heavy atom. The molecule has 2 unspecified atom stereocenters. The molecule has 2 amide bonds. The summed E-state index contributed by atoms with van der Waals surface area (Å²) in [6, 6.07) is 6.75. The van der Waals surface area contributed by atoms with Crippen LogP contribution in [0.4, 0.5) is 0 Å². The molecule has 1 aromatic rings. The third-order valence-electron chi connectivity index (χ3n) is 3.93. The van der Waals surface area contributed by atoms with Crippen molar-refractivity contribution < 1.29 is 14.7 Å². The van der Waals surface area contributed by atoms with Crippen LogP contribution < -0.4 is 5.32 Å². The first-order valence-corrected chi connectivity index (χ1v) is 7.78. The largest absolute Gasteiger partial charge is 0.396 e. The lowest BCUT2D eigenvalue weighted by molar-refractivity contribution is -0.131. The Balaban J connectivity index is 2.05. The Labute approximate surface area is 135 Å². The van der Waals surface area contributed by atoms with Crippen LogP contribution in [0.3, 0.4) is 0 Å².